The number of hydrogen-bond donors (Lipinski definition) is 1. The maximum absolute atomic E-state index is 13.6. The van der Waals surface area contributed by atoms with Crippen molar-refractivity contribution in [2.24, 2.45) is 0 Å². The zero-order valence-electron chi connectivity index (χ0n) is 25.9. The number of carbonyl (C=O) groups excluding carboxylic acids is 2. The molecule has 0 saturated heterocycles. The second kappa shape index (κ2) is 19.3. The summed E-state index contributed by atoms with van der Waals surface area (Å²) in [4.78, 5) is 27.5. The number of unbranched alkanes of at least 4 members (excludes halogenated alkanes) is 3. The van der Waals surface area contributed by atoms with Crippen molar-refractivity contribution >= 4 is 23.0 Å². The number of aliphatic hydroxyl groups excluding tert-OH is 1. The molecule has 6 heteroatoms. The van der Waals surface area contributed by atoms with Crippen LogP contribution in [0.2, 0.25) is 0 Å². The molecule has 2 aromatic carbocycles. The molecule has 0 aliphatic carbocycles. The number of nitrogens with zero attached hydrogens (tertiary/aromatic N) is 1. The fraction of sp³-hybridized carbons (Fsp3) is 0.543. The SMILES string of the molecule is CCCCN(CCCC)CCCc1ccc(C(=O)c2c(CCCCO)oc3ccc(C=O)cc23)cc1.COC(C)C. The van der Waals surface area contributed by atoms with E-state index in [9.17, 15) is 9.59 Å². The topological polar surface area (TPSA) is 80.0 Å². The lowest BCUT2D eigenvalue weighted by Gasteiger charge is -2.21. The third kappa shape index (κ3) is 11.5. The molecule has 0 aliphatic heterocycles. The standard InChI is InChI=1S/C31H41NO4.C4H10O/c1-3-5-18-32(19-6-4-2)20-9-10-24-12-15-26(16-13-24)31(35)30-27-22-25(23-34)14-17-28(27)36-29(30)11-7-8-21-33;1-4(2)5-3/h12-17,22-23,33H,3-11,18-21H2,1-2H3;4H,1-3H3. The van der Waals surface area contributed by atoms with E-state index in [1.165, 1.54) is 44.3 Å². The number of furan rings is 1. The first-order valence-electron chi connectivity index (χ1n) is 15.4. The summed E-state index contributed by atoms with van der Waals surface area (Å²) in [6.07, 6.45) is 10.2. The van der Waals surface area contributed by atoms with Crippen molar-refractivity contribution in [3.63, 3.8) is 0 Å². The Bertz CT molecular complexity index is 1160. The lowest BCUT2D eigenvalue weighted by Crippen LogP contribution is -2.27. The maximum Gasteiger partial charge on any atom is 0.197 e. The van der Waals surface area contributed by atoms with Gasteiger partial charge in [-0.1, -0.05) is 51.0 Å². The fourth-order valence-corrected chi connectivity index (χ4v) is 4.63. The highest BCUT2D eigenvalue weighted by Crippen LogP contribution is 2.30. The number of aliphatic hydroxyl groups is 1. The molecule has 1 N–H and O–H groups in total. The Morgan fingerprint density at radius 1 is 0.927 bits per heavy atom. The summed E-state index contributed by atoms with van der Waals surface area (Å²) in [5.74, 6) is 0.530. The van der Waals surface area contributed by atoms with Crippen molar-refractivity contribution in [3.05, 3.63) is 70.5 Å². The van der Waals surface area contributed by atoms with E-state index in [1.54, 1.807) is 25.3 Å². The third-order valence-electron chi connectivity index (χ3n) is 7.24. The van der Waals surface area contributed by atoms with E-state index in [4.69, 9.17) is 14.3 Å². The summed E-state index contributed by atoms with van der Waals surface area (Å²) in [5.41, 5.74) is 3.51. The average Bonchev–Trinajstić information content (AvgIpc) is 3.35. The average molecular weight is 566 g/mol. The summed E-state index contributed by atoms with van der Waals surface area (Å²) in [5, 5.41) is 9.84. The van der Waals surface area contributed by atoms with Crippen molar-refractivity contribution < 1.29 is 23.8 Å². The highest BCUT2D eigenvalue weighted by molar-refractivity contribution is 6.17. The van der Waals surface area contributed by atoms with E-state index >= 15 is 0 Å². The molecule has 1 aromatic heterocycles. The number of hydrogen-bond acceptors (Lipinski definition) is 6. The number of carbonyl (C=O) groups is 2. The van der Waals surface area contributed by atoms with Crippen LogP contribution in [0.25, 0.3) is 11.0 Å². The molecule has 0 unspecified atom stereocenters. The van der Waals surface area contributed by atoms with Gasteiger partial charge >= 0.3 is 0 Å². The number of benzene rings is 2. The minimum Gasteiger partial charge on any atom is -0.460 e. The number of rotatable bonds is 18. The second-order valence-electron chi connectivity index (χ2n) is 10.9. The first-order valence-corrected chi connectivity index (χ1v) is 15.4. The van der Waals surface area contributed by atoms with E-state index in [2.05, 4.69) is 30.9 Å². The zero-order valence-corrected chi connectivity index (χ0v) is 25.9. The number of fused-ring (bicyclic) bond motifs is 1. The molecule has 3 aromatic rings. The van der Waals surface area contributed by atoms with Crippen LogP contribution >= 0.6 is 0 Å². The molecular formula is C35H51NO5. The number of ether oxygens (including phenoxy) is 1. The van der Waals surface area contributed by atoms with Crippen LogP contribution in [0, 0.1) is 0 Å². The van der Waals surface area contributed by atoms with Gasteiger partial charge in [0.05, 0.1) is 11.7 Å². The molecule has 1 heterocycles. The summed E-state index contributed by atoms with van der Waals surface area (Å²) in [6, 6.07) is 13.1. The van der Waals surface area contributed by atoms with Gasteiger partial charge in [0, 0.05) is 36.7 Å². The lowest BCUT2D eigenvalue weighted by atomic mass is 9.96. The van der Waals surface area contributed by atoms with Gasteiger partial charge in [-0.25, -0.2) is 0 Å². The molecule has 0 saturated carbocycles. The zero-order chi connectivity index (χ0) is 30.0. The monoisotopic (exact) mass is 565 g/mol. The maximum atomic E-state index is 13.6. The summed E-state index contributed by atoms with van der Waals surface area (Å²) in [7, 11) is 1.70. The minimum atomic E-state index is -0.0901. The Balaban J connectivity index is 0.00000108. The number of ketones is 1. The molecule has 41 heavy (non-hydrogen) atoms. The van der Waals surface area contributed by atoms with Gasteiger partial charge in [-0.3, -0.25) is 9.59 Å². The Morgan fingerprint density at radius 3 is 2.12 bits per heavy atom. The normalized spacial score (nSPS) is 11.2. The second-order valence-corrected chi connectivity index (χ2v) is 10.9. The quantitative estimate of drug-likeness (QED) is 0.0969. The van der Waals surface area contributed by atoms with Crippen molar-refractivity contribution in [1.82, 2.24) is 4.90 Å². The Morgan fingerprint density at radius 2 is 1.56 bits per heavy atom. The lowest BCUT2D eigenvalue weighted by molar-refractivity contribution is 0.103. The van der Waals surface area contributed by atoms with Crippen LogP contribution in [0.15, 0.2) is 46.9 Å². The van der Waals surface area contributed by atoms with Crippen LogP contribution < -0.4 is 0 Å². The highest BCUT2D eigenvalue weighted by atomic mass is 16.5. The molecule has 0 spiro atoms. The van der Waals surface area contributed by atoms with Crippen LogP contribution in [0.3, 0.4) is 0 Å². The van der Waals surface area contributed by atoms with Gasteiger partial charge in [0.2, 0.25) is 0 Å². The first kappa shape index (κ1) is 34.4. The molecular weight excluding hydrogens is 514 g/mol. The molecule has 0 bridgehead atoms. The Labute approximate surface area is 247 Å². The summed E-state index contributed by atoms with van der Waals surface area (Å²) < 4.78 is 10.8. The van der Waals surface area contributed by atoms with Crippen molar-refractivity contribution in [3.8, 4) is 0 Å². The first-order chi connectivity index (χ1) is 19.9. The van der Waals surface area contributed by atoms with Crippen LogP contribution in [-0.2, 0) is 17.6 Å². The van der Waals surface area contributed by atoms with E-state index in [-0.39, 0.29) is 12.4 Å². The minimum absolute atomic E-state index is 0.0901. The smallest absolute Gasteiger partial charge is 0.197 e. The van der Waals surface area contributed by atoms with Gasteiger partial charge in [-0.15, -0.1) is 0 Å². The van der Waals surface area contributed by atoms with Crippen molar-refractivity contribution in [1.29, 1.82) is 0 Å². The number of aryl methyl sites for hydroxylation is 2. The molecule has 0 aliphatic rings. The largest absolute Gasteiger partial charge is 0.460 e. The third-order valence-corrected chi connectivity index (χ3v) is 7.24. The van der Waals surface area contributed by atoms with Gasteiger partial charge in [0.25, 0.3) is 0 Å². The molecule has 0 radical (unpaired) electrons. The fourth-order valence-electron chi connectivity index (χ4n) is 4.63. The van der Waals surface area contributed by atoms with Crippen LogP contribution in [0.5, 0.6) is 0 Å². The van der Waals surface area contributed by atoms with Gasteiger partial charge in [-0.05, 0) is 95.8 Å². The molecule has 6 nitrogen and oxygen atoms in total. The number of aldehydes is 1. The van der Waals surface area contributed by atoms with Crippen LogP contribution in [-0.4, -0.2) is 61.5 Å². The molecule has 226 valence electrons. The van der Waals surface area contributed by atoms with Crippen molar-refractivity contribution in [2.45, 2.75) is 91.6 Å². The summed E-state index contributed by atoms with van der Waals surface area (Å²) >= 11 is 0. The van der Waals surface area contributed by atoms with Gasteiger partial charge in [-0.2, -0.15) is 0 Å². The van der Waals surface area contributed by atoms with Gasteiger partial charge < -0.3 is 19.2 Å². The molecule has 0 atom stereocenters. The highest BCUT2D eigenvalue weighted by Gasteiger charge is 2.22. The molecule has 0 fully saturated rings. The van der Waals surface area contributed by atoms with Gasteiger partial charge in [0.15, 0.2) is 5.78 Å². The van der Waals surface area contributed by atoms with Crippen LogP contribution in [0.1, 0.15) is 110 Å². The predicted octanol–water partition coefficient (Wildman–Crippen LogP) is 7.67. The predicted molar refractivity (Wildman–Crippen MR) is 168 cm³/mol. The van der Waals surface area contributed by atoms with E-state index in [0.717, 1.165) is 32.1 Å². The molecule has 3 rings (SSSR count). The van der Waals surface area contributed by atoms with E-state index < -0.39 is 0 Å². The van der Waals surface area contributed by atoms with E-state index in [0.29, 0.717) is 52.4 Å². The van der Waals surface area contributed by atoms with Crippen molar-refractivity contribution in [2.75, 3.05) is 33.4 Å². The Kier molecular flexibility index (Phi) is 16.2. The molecule has 0 amide bonds. The number of methoxy groups -OCH3 is 1. The van der Waals surface area contributed by atoms with Gasteiger partial charge in [0.1, 0.15) is 17.6 Å². The summed E-state index contributed by atoms with van der Waals surface area (Å²) in [6.45, 7) is 12.1. The Hall–Kier alpha value is -2.80. The van der Waals surface area contributed by atoms with E-state index in [1.807, 2.05) is 26.0 Å². The van der Waals surface area contributed by atoms with Crippen LogP contribution in [0.4, 0.5) is 0 Å².